The van der Waals surface area contributed by atoms with Gasteiger partial charge in [-0.15, -0.1) is 0 Å². The molecule has 1 aromatic rings. The van der Waals surface area contributed by atoms with Crippen LogP contribution < -0.4 is 4.90 Å². The average molecular weight is 265 g/mol. The van der Waals surface area contributed by atoms with Crippen LogP contribution in [0.3, 0.4) is 0 Å². The lowest BCUT2D eigenvalue weighted by Crippen LogP contribution is -2.26. The van der Waals surface area contributed by atoms with E-state index in [2.05, 4.69) is 17.7 Å². The number of rotatable bonds is 1. The number of carbonyl (C=O) groups is 1. The largest absolute Gasteiger partial charge is 0.435 e. The molecule has 0 radical (unpaired) electrons. The van der Waals surface area contributed by atoms with Gasteiger partial charge in [0.05, 0.1) is 0 Å². The fourth-order valence-corrected chi connectivity index (χ4v) is 2.08. The van der Waals surface area contributed by atoms with Crippen LogP contribution in [0.1, 0.15) is 12.1 Å². The number of alkyl halides is 3. The number of amides is 1. The summed E-state index contributed by atoms with van der Waals surface area (Å²) in [6.45, 7) is 0.304. The quantitative estimate of drug-likeness (QED) is 0.781. The minimum absolute atomic E-state index is 0.147. The molecule has 8 heteroatoms. The van der Waals surface area contributed by atoms with Gasteiger partial charge in [-0.3, -0.25) is 14.4 Å². The Labute approximate surface area is 101 Å². The number of carbonyl (C=O) groups excluding carboxylic acids is 1. The summed E-state index contributed by atoms with van der Waals surface area (Å²) in [5.41, 5.74) is -0.995. The second-order valence-electron chi connectivity index (χ2n) is 3.87. The molecular weight excluding hydrogens is 255 g/mol. The number of hydrogen-bond acceptors (Lipinski definition) is 3. The highest BCUT2D eigenvalue weighted by molar-refractivity contribution is 7.81. The summed E-state index contributed by atoms with van der Waals surface area (Å²) in [4.78, 5) is 12.8. The van der Waals surface area contributed by atoms with Gasteiger partial charge in [-0.05, 0) is 0 Å². The van der Waals surface area contributed by atoms with Crippen LogP contribution in [0.5, 0.6) is 0 Å². The SMILES string of the molecule is Cn1nc(C(F)(F)F)cc1N1CC(S)CC1=O. The van der Waals surface area contributed by atoms with Gasteiger partial charge in [0.15, 0.2) is 5.69 Å². The van der Waals surface area contributed by atoms with Crippen molar-refractivity contribution in [3.8, 4) is 0 Å². The number of nitrogens with zero attached hydrogens (tertiary/aromatic N) is 3. The Bertz CT molecular complexity index is 457. The number of halogens is 3. The van der Waals surface area contributed by atoms with Crippen molar-refractivity contribution in [2.24, 2.45) is 7.05 Å². The summed E-state index contributed by atoms with van der Waals surface area (Å²) < 4.78 is 38.4. The van der Waals surface area contributed by atoms with E-state index in [0.717, 1.165) is 10.7 Å². The molecule has 2 rings (SSSR count). The van der Waals surface area contributed by atoms with Crippen molar-refractivity contribution in [1.82, 2.24) is 9.78 Å². The molecule has 1 amide bonds. The highest BCUT2D eigenvalue weighted by atomic mass is 32.1. The Morgan fingerprint density at radius 2 is 2.18 bits per heavy atom. The van der Waals surface area contributed by atoms with E-state index in [-0.39, 0.29) is 23.4 Å². The van der Waals surface area contributed by atoms with Gasteiger partial charge in [0.25, 0.3) is 0 Å². The Balaban J connectivity index is 2.34. The minimum atomic E-state index is -4.50. The number of anilines is 1. The van der Waals surface area contributed by atoms with E-state index in [0.29, 0.717) is 6.54 Å². The second kappa shape index (κ2) is 3.94. The van der Waals surface area contributed by atoms with Gasteiger partial charge in [-0.2, -0.15) is 30.9 Å². The third-order valence-corrected chi connectivity index (χ3v) is 2.87. The van der Waals surface area contributed by atoms with Crippen LogP contribution >= 0.6 is 12.6 Å². The predicted molar refractivity (Wildman–Crippen MR) is 58.0 cm³/mol. The molecule has 0 N–H and O–H groups in total. The maximum atomic E-state index is 12.4. The Morgan fingerprint density at radius 3 is 2.59 bits per heavy atom. The Morgan fingerprint density at radius 1 is 1.53 bits per heavy atom. The second-order valence-corrected chi connectivity index (χ2v) is 4.60. The Hall–Kier alpha value is -1.18. The van der Waals surface area contributed by atoms with Gasteiger partial charge < -0.3 is 0 Å². The number of thiol groups is 1. The smallest absolute Gasteiger partial charge is 0.296 e. The maximum Gasteiger partial charge on any atom is 0.435 e. The van der Waals surface area contributed by atoms with Crippen molar-refractivity contribution in [2.45, 2.75) is 17.8 Å². The first-order valence-electron chi connectivity index (χ1n) is 4.88. The normalized spacial score (nSPS) is 21.4. The zero-order chi connectivity index (χ0) is 12.8. The molecule has 1 unspecified atom stereocenters. The van der Waals surface area contributed by atoms with Crippen molar-refractivity contribution in [3.63, 3.8) is 0 Å². The van der Waals surface area contributed by atoms with Gasteiger partial charge >= 0.3 is 6.18 Å². The topological polar surface area (TPSA) is 38.1 Å². The van der Waals surface area contributed by atoms with Crippen molar-refractivity contribution in [3.05, 3.63) is 11.8 Å². The van der Waals surface area contributed by atoms with E-state index in [9.17, 15) is 18.0 Å². The molecule has 0 saturated carbocycles. The highest BCUT2D eigenvalue weighted by Gasteiger charge is 2.37. The molecule has 0 spiro atoms. The number of hydrogen-bond donors (Lipinski definition) is 1. The standard InChI is InChI=1S/C9H10F3N3OS/c1-14-7(3-6(13-14)9(10,11)12)15-4-5(17)2-8(15)16/h3,5,17H,2,4H2,1H3. The van der Waals surface area contributed by atoms with Gasteiger partial charge in [0.1, 0.15) is 5.82 Å². The molecule has 1 atom stereocenters. The zero-order valence-electron chi connectivity index (χ0n) is 8.90. The molecule has 1 fully saturated rings. The summed E-state index contributed by atoms with van der Waals surface area (Å²) in [6, 6.07) is 0.879. The van der Waals surface area contributed by atoms with E-state index >= 15 is 0 Å². The van der Waals surface area contributed by atoms with Gasteiger partial charge in [0, 0.05) is 31.3 Å². The molecule has 94 valence electrons. The van der Waals surface area contributed by atoms with Crippen LogP contribution in [0.25, 0.3) is 0 Å². The lowest BCUT2D eigenvalue weighted by molar-refractivity contribution is -0.141. The first-order valence-corrected chi connectivity index (χ1v) is 5.40. The molecule has 4 nitrogen and oxygen atoms in total. The minimum Gasteiger partial charge on any atom is -0.296 e. The first-order chi connectivity index (χ1) is 7.79. The van der Waals surface area contributed by atoms with Crippen molar-refractivity contribution in [1.29, 1.82) is 0 Å². The summed E-state index contributed by atoms with van der Waals surface area (Å²) >= 11 is 4.14. The lowest BCUT2D eigenvalue weighted by Gasteiger charge is -2.15. The lowest BCUT2D eigenvalue weighted by atomic mass is 10.4. The number of aryl methyl sites for hydroxylation is 1. The summed E-state index contributed by atoms with van der Waals surface area (Å²) in [5.74, 6) is -0.0828. The fraction of sp³-hybridized carbons (Fsp3) is 0.556. The van der Waals surface area contributed by atoms with Gasteiger partial charge in [-0.25, -0.2) is 0 Å². The molecule has 17 heavy (non-hydrogen) atoms. The van der Waals surface area contributed by atoms with Crippen LogP contribution in [0.15, 0.2) is 6.07 Å². The molecule has 1 saturated heterocycles. The summed E-state index contributed by atoms with van der Waals surface area (Å²) in [6.07, 6.45) is -4.27. The van der Waals surface area contributed by atoms with Gasteiger partial charge in [0.2, 0.25) is 5.91 Å². The molecule has 0 bridgehead atoms. The van der Waals surface area contributed by atoms with Crippen LogP contribution in [0.2, 0.25) is 0 Å². The third-order valence-electron chi connectivity index (χ3n) is 2.53. The van der Waals surface area contributed by atoms with Gasteiger partial charge in [-0.1, -0.05) is 0 Å². The van der Waals surface area contributed by atoms with Crippen molar-refractivity contribution < 1.29 is 18.0 Å². The summed E-state index contributed by atoms with van der Waals surface area (Å²) in [7, 11) is 1.38. The number of aromatic nitrogens is 2. The van der Waals surface area contributed by atoms with E-state index in [1.54, 1.807) is 0 Å². The third kappa shape index (κ3) is 2.26. The molecule has 0 aliphatic carbocycles. The first kappa shape index (κ1) is 12.3. The maximum absolute atomic E-state index is 12.4. The average Bonchev–Trinajstić information content (AvgIpc) is 2.68. The monoisotopic (exact) mass is 265 g/mol. The van der Waals surface area contributed by atoms with E-state index in [1.165, 1.54) is 11.9 Å². The van der Waals surface area contributed by atoms with Crippen LogP contribution in [-0.2, 0) is 18.0 Å². The molecule has 1 aliphatic heterocycles. The molecule has 1 aliphatic rings. The van der Waals surface area contributed by atoms with E-state index < -0.39 is 11.9 Å². The zero-order valence-corrected chi connectivity index (χ0v) is 9.79. The van der Waals surface area contributed by atoms with E-state index in [4.69, 9.17) is 0 Å². The van der Waals surface area contributed by atoms with E-state index in [1.807, 2.05) is 0 Å². The van der Waals surface area contributed by atoms with Crippen LogP contribution in [0.4, 0.5) is 19.0 Å². The van der Waals surface area contributed by atoms with Crippen LogP contribution in [0, 0.1) is 0 Å². The predicted octanol–water partition coefficient (Wildman–Crippen LogP) is 1.47. The molecule has 1 aromatic heterocycles. The molecule has 2 heterocycles. The van der Waals surface area contributed by atoms with Crippen molar-refractivity contribution in [2.75, 3.05) is 11.4 Å². The molecule has 0 aromatic carbocycles. The summed E-state index contributed by atoms with van der Waals surface area (Å²) in [5, 5.41) is 3.21. The highest BCUT2D eigenvalue weighted by Crippen LogP contribution is 2.32. The molecular formula is C9H10F3N3OS. The fourth-order valence-electron chi connectivity index (χ4n) is 1.76. The van der Waals surface area contributed by atoms with Crippen molar-refractivity contribution >= 4 is 24.4 Å². The van der Waals surface area contributed by atoms with Crippen LogP contribution in [-0.4, -0.2) is 27.5 Å². The Kier molecular flexibility index (Phi) is 2.84.